The second-order valence-corrected chi connectivity index (χ2v) is 4.91. The normalized spacial score (nSPS) is 10.6. The first kappa shape index (κ1) is 13.7. The van der Waals surface area contributed by atoms with Gasteiger partial charge in [-0.1, -0.05) is 15.9 Å². The SMILES string of the molecule is Cc1cc(C(=O)Nc2c(F)cc(Br)cc2F)nn1C. The summed E-state index contributed by atoms with van der Waals surface area (Å²) in [6, 6.07) is 3.68. The van der Waals surface area contributed by atoms with E-state index in [0.717, 1.165) is 17.8 Å². The first-order chi connectivity index (χ1) is 8.88. The van der Waals surface area contributed by atoms with Crippen molar-refractivity contribution >= 4 is 27.5 Å². The van der Waals surface area contributed by atoms with E-state index in [2.05, 4.69) is 26.3 Å². The van der Waals surface area contributed by atoms with Crippen LogP contribution < -0.4 is 5.32 Å². The highest BCUT2D eigenvalue weighted by Gasteiger charge is 2.17. The summed E-state index contributed by atoms with van der Waals surface area (Å²) in [7, 11) is 1.67. The fourth-order valence-corrected chi connectivity index (χ4v) is 1.91. The Bertz CT molecular complexity index is 612. The predicted octanol–water partition coefficient (Wildman–Crippen LogP) is 3.02. The van der Waals surface area contributed by atoms with Gasteiger partial charge in [-0.2, -0.15) is 5.10 Å². The topological polar surface area (TPSA) is 46.9 Å². The zero-order valence-electron chi connectivity index (χ0n) is 10.2. The van der Waals surface area contributed by atoms with Gasteiger partial charge in [0, 0.05) is 17.2 Å². The van der Waals surface area contributed by atoms with Gasteiger partial charge in [-0.15, -0.1) is 0 Å². The van der Waals surface area contributed by atoms with Crippen molar-refractivity contribution in [2.75, 3.05) is 5.32 Å². The molecule has 4 nitrogen and oxygen atoms in total. The lowest BCUT2D eigenvalue weighted by Gasteiger charge is -2.06. The molecule has 0 fully saturated rings. The van der Waals surface area contributed by atoms with Gasteiger partial charge < -0.3 is 5.32 Å². The van der Waals surface area contributed by atoms with Crippen LogP contribution >= 0.6 is 15.9 Å². The van der Waals surface area contributed by atoms with Gasteiger partial charge in [0.1, 0.15) is 5.69 Å². The molecule has 0 unspecified atom stereocenters. The number of anilines is 1. The molecule has 0 saturated carbocycles. The molecule has 1 heterocycles. The molecule has 1 aromatic carbocycles. The van der Waals surface area contributed by atoms with Crippen LogP contribution in [0.25, 0.3) is 0 Å². The number of benzene rings is 1. The van der Waals surface area contributed by atoms with Crippen LogP contribution in [-0.4, -0.2) is 15.7 Å². The molecule has 1 amide bonds. The number of carbonyl (C=O) groups excluding carboxylic acids is 1. The predicted molar refractivity (Wildman–Crippen MR) is 70.0 cm³/mol. The van der Waals surface area contributed by atoms with Gasteiger partial charge in [0.15, 0.2) is 17.3 Å². The van der Waals surface area contributed by atoms with E-state index in [4.69, 9.17) is 0 Å². The van der Waals surface area contributed by atoms with E-state index >= 15 is 0 Å². The fraction of sp³-hybridized carbons (Fsp3) is 0.167. The third-order valence-electron chi connectivity index (χ3n) is 2.59. The molecule has 0 bridgehead atoms. The zero-order chi connectivity index (χ0) is 14.2. The van der Waals surface area contributed by atoms with E-state index in [0.29, 0.717) is 0 Å². The molecule has 2 aromatic rings. The largest absolute Gasteiger partial charge is 0.316 e. The van der Waals surface area contributed by atoms with Crippen molar-refractivity contribution in [1.82, 2.24) is 9.78 Å². The third kappa shape index (κ3) is 2.81. The highest BCUT2D eigenvalue weighted by atomic mass is 79.9. The van der Waals surface area contributed by atoms with Crippen molar-refractivity contribution in [3.8, 4) is 0 Å². The van der Waals surface area contributed by atoms with Gasteiger partial charge in [-0.3, -0.25) is 9.48 Å². The van der Waals surface area contributed by atoms with Gasteiger partial charge in [-0.25, -0.2) is 8.78 Å². The van der Waals surface area contributed by atoms with Crippen LogP contribution in [0.15, 0.2) is 22.7 Å². The smallest absolute Gasteiger partial charge is 0.276 e. The van der Waals surface area contributed by atoms with Crippen molar-refractivity contribution in [2.24, 2.45) is 7.05 Å². The summed E-state index contributed by atoms with van der Waals surface area (Å²) in [4.78, 5) is 11.8. The van der Waals surface area contributed by atoms with Crippen LogP contribution in [0.5, 0.6) is 0 Å². The van der Waals surface area contributed by atoms with Crippen LogP contribution in [-0.2, 0) is 7.05 Å². The average molecular weight is 330 g/mol. The second kappa shape index (κ2) is 5.08. The minimum atomic E-state index is -0.854. The molecular formula is C12H10BrF2N3O. The van der Waals surface area contributed by atoms with Crippen LogP contribution in [0, 0.1) is 18.6 Å². The Morgan fingerprint density at radius 2 is 1.89 bits per heavy atom. The van der Waals surface area contributed by atoms with Crippen LogP contribution in [0.2, 0.25) is 0 Å². The number of hydrogen-bond donors (Lipinski definition) is 1. The van der Waals surface area contributed by atoms with Crippen molar-refractivity contribution in [2.45, 2.75) is 6.92 Å². The Balaban J connectivity index is 2.29. The van der Waals surface area contributed by atoms with Crippen LogP contribution in [0.1, 0.15) is 16.2 Å². The Kier molecular flexibility index (Phi) is 3.66. The van der Waals surface area contributed by atoms with E-state index in [-0.39, 0.29) is 10.2 Å². The van der Waals surface area contributed by atoms with Gasteiger partial charge in [-0.05, 0) is 25.1 Å². The summed E-state index contributed by atoms with van der Waals surface area (Å²) in [5.41, 5.74) is 0.375. The maximum Gasteiger partial charge on any atom is 0.276 e. The molecule has 0 aliphatic heterocycles. The number of rotatable bonds is 2. The second-order valence-electron chi connectivity index (χ2n) is 3.99. The number of amides is 1. The number of aromatic nitrogens is 2. The highest BCUT2D eigenvalue weighted by Crippen LogP contribution is 2.24. The number of carbonyl (C=O) groups is 1. The van der Waals surface area contributed by atoms with E-state index in [1.807, 2.05) is 0 Å². The molecule has 1 aromatic heterocycles. The monoisotopic (exact) mass is 329 g/mol. The van der Waals surface area contributed by atoms with Crippen molar-refractivity contribution in [1.29, 1.82) is 0 Å². The summed E-state index contributed by atoms with van der Waals surface area (Å²) < 4.78 is 28.9. The standard InChI is InChI=1S/C12H10BrF2N3O/c1-6-3-10(17-18(6)2)12(19)16-11-8(14)4-7(13)5-9(11)15/h3-5H,1-2H3,(H,16,19). The fourth-order valence-electron chi connectivity index (χ4n) is 1.51. The van der Waals surface area contributed by atoms with E-state index in [9.17, 15) is 13.6 Å². The summed E-state index contributed by atoms with van der Waals surface area (Å²) in [6.45, 7) is 1.77. The number of nitrogens with zero attached hydrogens (tertiary/aromatic N) is 2. The molecule has 19 heavy (non-hydrogen) atoms. The molecule has 100 valence electrons. The lowest BCUT2D eigenvalue weighted by Crippen LogP contribution is -2.15. The molecule has 0 radical (unpaired) electrons. The Morgan fingerprint density at radius 3 is 2.37 bits per heavy atom. The van der Waals surface area contributed by atoms with Crippen molar-refractivity contribution < 1.29 is 13.6 Å². The number of aryl methyl sites for hydroxylation is 2. The van der Waals surface area contributed by atoms with E-state index in [1.165, 1.54) is 10.7 Å². The minimum Gasteiger partial charge on any atom is -0.316 e. The molecular weight excluding hydrogens is 320 g/mol. The van der Waals surface area contributed by atoms with Gasteiger partial charge >= 0.3 is 0 Å². The summed E-state index contributed by atoms with van der Waals surface area (Å²) in [5.74, 6) is -2.37. The lowest BCUT2D eigenvalue weighted by atomic mass is 10.2. The van der Waals surface area contributed by atoms with Gasteiger partial charge in [0.2, 0.25) is 0 Å². The minimum absolute atomic E-state index is 0.0988. The lowest BCUT2D eigenvalue weighted by molar-refractivity contribution is 0.102. The van der Waals surface area contributed by atoms with Crippen LogP contribution in [0.3, 0.4) is 0 Å². The molecule has 0 aliphatic rings. The number of halogens is 3. The van der Waals surface area contributed by atoms with Crippen LogP contribution in [0.4, 0.5) is 14.5 Å². The molecule has 0 saturated heterocycles. The van der Waals surface area contributed by atoms with E-state index < -0.39 is 23.2 Å². The molecule has 0 aliphatic carbocycles. The Labute approximate surface area is 116 Å². The maximum atomic E-state index is 13.6. The Hall–Kier alpha value is -1.76. The summed E-state index contributed by atoms with van der Waals surface area (Å²) >= 11 is 2.96. The Morgan fingerprint density at radius 1 is 1.32 bits per heavy atom. The maximum absolute atomic E-state index is 13.6. The third-order valence-corrected chi connectivity index (χ3v) is 3.05. The highest BCUT2D eigenvalue weighted by molar-refractivity contribution is 9.10. The molecule has 7 heteroatoms. The molecule has 0 atom stereocenters. The van der Waals surface area contributed by atoms with E-state index in [1.54, 1.807) is 14.0 Å². The zero-order valence-corrected chi connectivity index (χ0v) is 11.8. The first-order valence-electron chi connectivity index (χ1n) is 5.35. The number of hydrogen-bond acceptors (Lipinski definition) is 2. The molecule has 1 N–H and O–H groups in total. The van der Waals surface area contributed by atoms with Gasteiger partial charge in [0.05, 0.1) is 0 Å². The first-order valence-corrected chi connectivity index (χ1v) is 6.14. The quantitative estimate of drug-likeness (QED) is 0.920. The molecule has 0 spiro atoms. The summed E-state index contributed by atoms with van der Waals surface area (Å²) in [6.07, 6.45) is 0. The van der Waals surface area contributed by atoms with Crippen molar-refractivity contribution in [3.05, 3.63) is 45.7 Å². The van der Waals surface area contributed by atoms with Gasteiger partial charge in [0.25, 0.3) is 5.91 Å². The summed E-state index contributed by atoms with van der Waals surface area (Å²) in [5, 5.41) is 6.11. The average Bonchev–Trinajstić information content (AvgIpc) is 2.64. The van der Waals surface area contributed by atoms with Crippen molar-refractivity contribution in [3.63, 3.8) is 0 Å². The number of nitrogens with one attached hydrogen (secondary N) is 1. The molecule has 2 rings (SSSR count).